The van der Waals surface area contributed by atoms with Gasteiger partial charge in [0.2, 0.25) is 15.9 Å². The second-order valence-corrected chi connectivity index (χ2v) is 8.28. The van der Waals surface area contributed by atoms with E-state index in [2.05, 4.69) is 4.72 Å². The van der Waals surface area contributed by atoms with E-state index < -0.39 is 10.0 Å². The van der Waals surface area contributed by atoms with Gasteiger partial charge in [-0.3, -0.25) is 4.79 Å². The Bertz CT molecular complexity index is 466. The van der Waals surface area contributed by atoms with Crippen molar-refractivity contribution in [2.75, 3.05) is 32.4 Å². The first-order chi connectivity index (χ1) is 9.90. The molecule has 1 heterocycles. The molecule has 21 heavy (non-hydrogen) atoms. The molecule has 0 radical (unpaired) electrons. The maximum atomic E-state index is 12.6. The Morgan fingerprint density at radius 3 is 2.71 bits per heavy atom. The van der Waals surface area contributed by atoms with Crippen molar-refractivity contribution in [2.45, 2.75) is 32.1 Å². The topological polar surface area (TPSA) is 92.5 Å². The number of likely N-dealkylation sites (tertiary alicyclic amines) is 1. The number of carbonyl (C=O) groups excluding carboxylic acids is 1. The molecule has 1 amide bonds. The van der Waals surface area contributed by atoms with Crippen molar-refractivity contribution in [1.29, 1.82) is 0 Å². The first-order valence-corrected chi connectivity index (χ1v) is 9.73. The lowest BCUT2D eigenvalue weighted by Gasteiger charge is -2.35. The Kier molecular flexibility index (Phi) is 5.62. The molecule has 7 heteroatoms. The fourth-order valence-corrected chi connectivity index (χ4v) is 4.12. The van der Waals surface area contributed by atoms with Crippen molar-refractivity contribution >= 4 is 15.9 Å². The van der Waals surface area contributed by atoms with Crippen LogP contribution in [-0.4, -0.2) is 51.7 Å². The molecule has 3 unspecified atom stereocenters. The summed E-state index contributed by atoms with van der Waals surface area (Å²) >= 11 is 0. The summed E-state index contributed by atoms with van der Waals surface area (Å²) in [5, 5.41) is 0. The first kappa shape index (κ1) is 16.7. The van der Waals surface area contributed by atoms with Crippen LogP contribution in [0.2, 0.25) is 0 Å². The summed E-state index contributed by atoms with van der Waals surface area (Å²) < 4.78 is 24.9. The summed E-state index contributed by atoms with van der Waals surface area (Å²) in [6.07, 6.45) is 6.18. The maximum Gasteiger partial charge on any atom is 0.226 e. The van der Waals surface area contributed by atoms with E-state index in [1.165, 1.54) is 6.26 Å². The monoisotopic (exact) mass is 317 g/mol. The molecule has 2 fully saturated rings. The highest BCUT2D eigenvalue weighted by molar-refractivity contribution is 7.88. The summed E-state index contributed by atoms with van der Waals surface area (Å²) in [5.74, 6) is 0.853. The molecule has 6 nitrogen and oxygen atoms in total. The third-order valence-corrected chi connectivity index (χ3v) is 5.43. The molecule has 0 spiro atoms. The second-order valence-electron chi connectivity index (χ2n) is 6.45. The average Bonchev–Trinajstić information content (AvgIpc) is 2.92. The predicted octanol–water partition coefficient (Wildman–Crippen LogP) is 0.149. The van der Waals surface area contributed by atoms with Crippen LogP contribution in [0.3, 0.4) is 0 Å². The predicted molar refractivity (Wildman–Crippen MR) is 82.0 cm³/mol. The SMILES string of the molecule is CS(=O)(=O)NCC1CCCN(C(=O)C2CCCC2CN)C1. The van der Waals surface area contributed by atoms with Crippen LogP contribution in [0.15, 0.2) is 0 Å². The number of amides is 1. The van der Waals surface area contributed by atoms with Gasteiger partial charge < -0.3 is 10.6 Å². The molecule has 0 aromatic carbocycles. The lowest BCUT2D eigenvalue weighted by atomic mass is 9.92. The number of sulfonamides is 1. The molecule has 1 aliphatic carbocycles. The average molecular weight is 317 g/mol. The number of carbonyl (C=O) groups is 1. The number of nitrogens with one attached hydrogen (secondary N) is 1. The minimum atomic E-state index is -3.16. The number of rotatable bonds is 5. The minimum absolute atomic E-state index is 0.0802. The summed E-state index contributed by atoms with van der Waals surface area (Å²) in [6.45, 7) is 2.47. The van der Waals surface area contributed by atoms with Gasteiger partial charge in [0, 0.05) is 25.6 Å². The van der Waals surface area contributed by atoms with Crippen LogP contribution in [0.5, 0.6) is 0 Å². The second kappa shape index (κ2) is 7.07. The van der Waals surface area contributed by atoms with E-state index in [0.29, 0.717) is 25.6 Å². The van der Waals surface area contributed by atoms with E-state index >= 15 is 0 Å². The Labute approximate surface area is 127 Å². The lowest BCUT2D eigenvalue weighted by molar-refractivity contribution is -0.138. The fraction of sp³-hybridized carbons (Fsp3) is 0.929. The van der Waals surface area contributed by atoms with Crippen LogP contribution < -0.4 is 10.5 Å². The minimum Gasteiger partial charge on any atom is -0.342 e. The molecule has 3 atom stereocenters. The van der Waals surface area contributed by atoms with Gasteiger partial charge in [0.1, 0.15) is 0 Å². The van der Waals surface area contributed by atoms with Crippen LogP contribution >= 0.6 is 0 Å². The molecule has 3 N–H and O–H groups in total. The van der Waals surface area contributed by atoms with Crippen LogP contribution in [0, 0.1) is 17.8 Å². The van der Waals surface area contributed by atoms with Crippen LogP contribution in [0.1, 0.15) is 32.1 Å². The fourth-order valence-electron chi connectivity index (χ4n) is 3.58. The van der Waals surface area contributed by atoms with Crippen molar-refractivity contribution < 1.29 is 13.2 Å². The number of piperidine rings is 1. The van der Waals surface area contributed by atoms with Gasteiger partial charge in [0.15, 0.2) is 0 Å². The highest BCUT2D eigenvalue weighted by Crippen LogP contribution is 2.33. The van der Waals surface area contributed by atoms with Gasteiger partial charge in [-0.25, -0.2) is 13.1 Å². The zero-order chi connectivity index (χ0) is 15.5. The van der Waals surface area contributed by atoms with Crippen LogP contribution in [0.4, 0.5) is 0 Å². The van der Waals surface area contributed by atoms with Crippen LogP contribution in [0.25, 0.3) is 0 Å². The summed E-state index contributed by atoms with van der Waals surface area (Å²) in [6, 6.07) is 0. The van der Waals surface area contributed by atoms with Gasteiger partial charge in [-0.15, -0.1) is 0 Å². The third-order valence-electron chi connectivity index (χ3n) is 4.74. The van der Waals surface area contributed by atoms with Crippen molar-refractivity contribution in [2.24, 2.45) is 23.5 Å². The zero-order valence-corrected chi connectivity index (χ0v) is 13.6. The van der Waals surface area contributed by atoms with E-state index in [1.807, 2.05) is 4.90 Å². The molecule has 122 valence electrons. The van der Waals surface area contributed by atoms with Gasteiger partial charge in [0.25, 0.3) is 0 Å². The molecular weight excluding hydrogens is 290 g/mol. The molecular formula is C14H27N3O3S. The molecule has 0 aromatic rings. The Morgan fingerprint density at radius 2 is 2.05 bits per heavy atom. The molecule has 0 bridgehead atoms. The van der Waals surface area contributed by atoms with Gasteiger partial charge in [0.05, 0.1) is 6.26 Å². The van der Waals surface area contributed by atoms with E-state index in [9.17, 15) is 13.2 Å². The smallest absolute Gasteiger partial charge is 0.226 e. The van der Waals surface area contributed by atoms with Crippen molar-refractivity contribution in [3.05, 3.63) is 0 Å². The maximum absolute atomic E-state index is 12.6. The van der Waals surface area contributed by atoms with Crippen LogP contribution in [-0.2, 0) is 14.8 Å². The zero-order valence-electron chi connectivity index (χ0n) is 12.8. The summed E-state index contributed by atoms with van der Waals surface area (Å²) in [4.78, 5) is 14.6. The summed E-state index contributed by atoms with van der Waals surface area (Å²) in [5.41, 5.74) is 5.77. The van der Waals surface area contributed by atoms with E-state index in [4.69, 9.17) is 5.73 Å². The van der Waals surface area contributed by atoms with E-state index in [0.717, 1.165) is 38.6 Å². The van der Waals surface area contributed by atoms with Crippen molar-refractivity contribution in [1.82, 2.24) is 9.62 Å². The number of nitrogens with zero attached hydrogens (tertiary/aromatic N) is 1. The Balaban J connectivity index is 1.89. The van der Waals surface area contributed by atoms with Gasteiger partial charge in [-0.2, -0.15) is 0 Å². The normalized spacial score (nSPS) is 30.6. The van der Waals surface area contributed by atoms with E-state index in [-0.39, 0.29) is 17.7 Å². The third kappa shape index (κ3) is 4.66. The molecule has 1 saturated carbocycles. The molecule has 2 rings (SSSR count). The highest BCUT2D eigenvalue weighted by atomic mass is 32.2. The molecule has 1 aliphatic heterocycles. The molecule has 2 aliphatic rings. The van der Waals surface area contributed by atoms with E-state index in [1.54, 1.807) is 0 Å². The molecule has 0 aromatic heterocycles. The quantitative estimate of drug-likeness (QED) is 0.755. The lowest BCUT2D eigenvalue weighted by Crippen LogP contribution is -2.46. The standard InChI is InChI=1S/C14H27N3O3S/c1-21(19,20)16-9-11-4-3-7-17(10-11)14(18)13-6-2-5-12(13)8-15/h11-13,16H,2-10,15H2,1H3. The van der Waals surface area contributed by atoms with Gasteiger partial charge in [-0.1, -0.05) is 6.42 Å². The number of nitrogens with two attached hydrogens (primary N) is 1. The molecule has 1 saturated heterocycles. The van der Waals surface area contributed by atoms with Gasteiger partial charge >= 0.3 is 0 Å². The van der Waals surface area contributed by atoms with Crippen molar-refractivity contribution in [3.63, 3.8) is 0 Å². The highest BCUT2D eigenvalue weighted by Gasteiger charge is 2.36. The number of hydrogen-bond acceptors (Lipinski definition) is 4. The first-order valence-electron chi connectivity index (χ1n) is 7.84. The largest absolute Gasteiger partial charge is 0.342 e. The van der Waals surface area contributed by atoms with Gasteiger partial charge in [-0.05, 0) is 44.1 Å². The Hall–Kier alpha value is -0.660. The van der Waals surface area contributed by atoms with Crippen molar-refractivity contribution in [3.8, 4) is 0 Å². The Morgan fingerprint density at radius 1 is 1.29 bits per heavy atom. The summed E-state index contributed by atoms with van der Waals surface area (Å²) in [7, 11) is -3.16. The number of hydrogen-bond donors (Lipinski definition) is 2.